The van der Waals surface area contributed by atoms with Crippen LogP contribution in [0.5, 0.6) is 0 Å². The molecule has 0 spiro atoms. The number of hydrogen-bond donors (Lipinski definition) is 1. The summed E-state index contributed by atoms with van der Waals surface area (Å²) in [4.78, 5) is 0. The van der Waals surface area contributed by atoms with E-state index in [2.05, 4.69) is 5.32 Å². The molecule has 2 rings (SSSR count). The summed E-state index contributed by atoms with van der Waals surface area (Å²) < 4.78 is 5.61. The predicted octanol–water partition coefficient (Wildman–Crippen LogP) is 3.36. The van der Waals surface area contributed by atoms with Crippen LogP contribution in [0, 0.1) is 11.8 Å². The second-order valence-corrected chi connectivity index (χ2v) is 5.91. The second kappa shape index (κ2) is 8.10. The maximum Gasteiger partial charge on any atom is 0.0494 e. The minimum Gasteiger partial charge on any atom is -0.381 e. The van der Waals surface area contributed by atoms with Crippen LogP contribution in [0.15, 0.2) is 0 Å². The molecule has 0 bridgehead atoms. The number of rotatable bonds is 9. The van der Waals surface area contributed by atoms with E-state index in [9.17, 15) is 0 Å². The topological polar surface area (TPSA) is 21.3 Å². The van der Waals surface area contributed by atoms with Crippen molar-refractivity contribution < 1.29 is 4.74 Å². The molecule has 2 heteroatoms. The Morgan fingerprint density at radius 1 is 0.882 bits per heavy atom. The summed E-state index contributed by atoms with van der Waals surface area (Å²) in [5.41, 5.74) is 0. The smallest absolute Gasteiger partial charge is 0.0494 e. The Morgan fingerprint density at radius 2 is 1.71 bits per heavy atom. The lowest BCUT2D eigenvalue weighted by atomic mass is 9.87. The fraction of sp³-hybridized carbons (Fsp3) is 1.00. The summed E-state index contributed by atoms with van der Waals surface area (Å²) in [6.07, 6.45) is 12.7. The average Bonchev–Trinajstić information content (AvgIpc) is 3.18. The van der Waals surface area contributed by atoms with Crippen LogP contribution < -0.4 is 5.32 Å². The average molecular weight is 239 g/mol. The quantitative estimate of drug-likeness (QED) is 0.623. The lowest BCUT2D eigenvalue weighted by Gasteiger charge is -2.21. The summed E-state index contributed by atoms with van der Waals surface area (Å²) in [5.74, 6) is 1.93. The molecule has 2 saturated carbocycles. The molecule has 0 unspecified atom stereocenters. The molecule has 100 valence electrons. The van der Waals surface area contributed by atoms with Gasteiger partial charge in [-0.3, -0.25) is 0 Å². The van der Waals surface area contributed by atoms with E-state index in [-0.39, 0.29) is 0 Å². The van der Waals surface area contributed by atoms with Crippen molar-refractivity contribution in [2.45, 2.75) is 57.8 Å². The Bertz CT molecular complexity index is 185. The van der Waals surface area contributed by atoms with Crippen LogP contribution >= 0.6 is 0 Å². The Balaban J connectivity index is 1.31. The molecule has 2 aliphatic carbocycles. The van der Waals surface area contributed by atoms with Gasteiger partial charge < -0.3 is 10.1 Å². The van der Waals surface area contributed by atoms with Gasteiger partial charge in [0.2, 0.25) is 0 Å². The van der Waals surface area contributed by atoms with Crippen LogP contribution in [0.2, 0.25) is 0 Å². The second-order valence-electron chi connectivity index (χ2n) is 5.91. The van der Waals surface area contributed by atoms with Crippen LogP contribution in [-0.2, 0) is 4.74 Å². The van der Waals surface area contributed by atoms with Crippen molar-refractivity contribution in [1.29, 1.82) is 0 Å². The predicted molar refractivity (Wildman–Crippen MR) is 72.2 cm³/mol. The van der Waals surface area contributed by atoms with Crippen molar-refractivity contribution in [2.24, 2.45) is 11.8 Å². The van der Waals surface area contributed by atoms with Gasteiger partial charge in [0.25, 0.3) is 0 Å². The monoisotopic (exact) mass is 239 g/mol. The van der Waals surface area contributed by atoms with Gasteiger partial charge in [0.15, 0.2) is 0 Å². The van der Waals surface area contributed by atoms with Crippen LogP contribution in [0.4, 0.5) is 0 Å². The SMILES string of the molecule is C1CCC(CCNCCCOCC2CC2)CC1. The first-order chi connectivity index (χ1) is 8.45. The molecule has 2 nitrogen and oxygen atoms in total. The van der Waals surface area contributed by atoms with E-state index in [0.717, 1.165) is 31.6 Å². The summed E-state index contributed by atoms with van der Waals surface area (Å²) in [6.45, 7) is 4.32. The van der Waals surface area contributed by atoms with Gasteiger partial charge in [0.1, 0.15) is 0 Å². The zero-order chi connectivity index (χ0) is 11.8. The molecule has 0 aromatic heterocycles. The van der Waals surface area contributed by atoms with E-state index >= 15 is 0 Å². The highest BCUT2D eigenvalue weighted by molar-refractivity contribution is 4.72. The number of hydrogen-bond acceptors (Lipinski definition) is 2. The zero-order valence-electron chi connectivity index (χ0n) is 11.3. The van der Waals surface area contributed by atoms with E-state index in [4.69, 9.17) is 4.74 Å². The molecule has 0 heterocycles. The van der Waals surface area contributed by atoms with Crippen LogP contribution in [-0.4, -0.2) is 26.3 Å². The Kier molecular flexibility index (Phi) is 6.36. The Labute approximate surface area is 107 Å². The van der Waals surface area contributed by atoms with Crippen molar-refractivity contribution in [3.8, 4) is 0 Å². The molecule has 0 saturated heterocycles. The highest BCUT2D eigenvalue weighted by Gasteiger charge is 2.20. The van der Waals surface area contributed by atoms with E-state index < -0.39 is 0 Å². The van der Waals surface area contributed by atoms with Crippen molar-refractivity contribution in [1.82, 2.24) is 5.32 Å². The van der Waals surface area contributed by atoms with Gasteiger partial charge >= 0.3 is 0 Å². The van der Waals surface area contributed by atoms with Crippen LogP contribution in [0.25, 0.3) is 0 Å². The normalized spacial score (nSPS) is 21.9. The lowest BCUT2D eigenvalue weighted by Crippen LogP contribution is -2.21. The zero-order valence-corrected chi connectivity index (χ0v) is 11.3. The fourth-order valence-electron chi connectivity index (χ4n) is 2.74. The first-order valence-corrected chi connectivity index (χ1v) is 7.73. The van der Waals surface area contributed by atoms with Gasteiger partial charge in [-0.2, -0.15) is 0 Å². The maximum atomic E-state index is 5.61. The molecule has 2 fully saturated rings. The molecule has 0 amide bonds. The highest BCUT2D eigenvalue weighted by atomic mass is 16.5. The molecule has 2 aliphatic rings. The third kappa shape index (κ3) is 6.42. The summed E-state index contributed by atoms with van der Waals surface area (Å²) in [5, 5.41) is 3.56. The van der Waals surface area contributed by atoms with E-state index in [1.54, 1.807) is 0 Å². The van der Waals surface area contributed by atoms with Crippen molar-refractivity contribution in [2.75, 3.05) is 26.3 Å². The lowest BCUT2D eigenvalue weighted by molar-refractivity contribution is 0.122. The molecular weight excluding hydrogens is 210 g/mol. The Morgan fingerprint density at radius 3 is 2.47 bits per heavy atom. The molecule has 0 aromatic carbocycles. The van der Waals surface area contributed by atoms with Crippen molar-refractivity contribution >= 4 is 0 Å². The largest absolute Gasteiger partial charge is 0.381 e. The fourth-order valence-corrected chi connectivity index (χ4v) is 2.74. The van der Waals surface area contributed by atoms with Gasteiger partial charge in [-0.05, 0) is 50.6 Å². The van der Waals surface area contributed by atoms with Gasteiger partial charge in [-0.15, -0.1) is 0 Å². The minimum absolute atomic E-state index is 0.911. The summed E-state index contributed by atoms with van der Waals surface area (Å²) in [7, 11) is 0. The molecule has 0 radical (unpaired) electrons. The van der Waals surface area contributed by atoms with E-state index in [1.165, 1.54) is 64.3 Å². The maximum absolute atomic E-state index is 5.61. The van der Waals surface area contributed by atoms with Crippen LogP contribution in [0.3, 0.4) is 0 Å². The van der Waals surface area contributed by atoms with Gasteiger partial charge in [-0.1, -0.05) is 32.1 Å². The van der Waals surface area contributed by atoms with Crippen LogP contribution in [0.1, 0.15) is 57.8 Å². The van der Waals surface area contributed by atoms with Gasteiger partial charge in [-0.25, -0.2) is 0 Å². The molecule has 1 N–H and O–H groups in total. The first-order valence-electron chi connectivity index (χ1n) is 7.73. The number of nitrogens with one attached hydrogen (secondary N) is 1. The first kappa shape index (κ1) is 13.4. The van der Waals surface area contributed by atoms with Gasteiger partial charge in [0.05, 0.1) is 0 Å². The molecule has 0 aromatic rings. The summed E-state index contributed by atoms with van der Waals surface area (Å²) >= 11 is 0. The molecule has 0 atom stereocenters. The summed E-state index contributed by atoms with van der Waals surface area (Å²) in [6, 6.07) is 0. The Hall–Kier alpha value is -0.0800. The minimum atomic E-state index is 0.911. The third-order valence-corrected chi connectivity index (χ3v) is 4.15. The molecule has 17 heavy (non-hydrogen) atoms. The molecule has 0 aliphatic heterocycles. The number of ether oxygens (including phenoxy) is 1. The standard InChI is InChI=1S/C15H29NO/c1-2-5-14(6-3-1)9-11-16-10-4-12-17-13-15-7-8-15/h14-16H,1-13H2. The van der Waals surface area contributed by atoms with E-state index in [1.807, 2.05) is 0 Å². The van der Waals surface area contributed by atoms with Crippen molar-refractivity contribution in [3.05, 3.63) is 0 Å². The molecular formula is C15H29NO. The third-order valence-electron chi connectivity index (χ3n) is 4.15. The van der Waals surface area contributed by atoms with E-state index in [0.29, 0.717) is 0 Å². The highest BCUT2D eigenvalue weighted by Crippen LogP contribution is 2.28. The van der Waals surface area contributed by atoms with Crippen molar-refractivity contribution in [3.63, 3.8) is 0 Å². The van der Waals surface area contributed by atoms with Gasteiger partial charge in [0, 0.05) is 13.2 Å².